The first-order chi connectivity index (χ1) is 16.9. The number of benzene rings is 2. The maximum atomic E-state index is 11.4. The van der Waals surface area contributed by atoms with Crippen LogP contribution in [0.2, 0.25) is 4.34 Å². The van der Waals surface area contributed by atoms with Crippen molar-refractivity contribution >= 4 is 85.2 Å². The molecule has 5 heteroatoms. The van der Waals surface area contributed by atoms with Crippen LogP contribution in [0, 0.1) is 14.7 Å². The van der Waals surface area contributed by atoms with Gasteiger partial charge in [0.1, 0.15) is 0 Å². The van der Waals surface area contributed by atoms with Crippen molar-refractivity contribution in [2.75, 3.05) is 0 Å². The molecule has 1 saturated carbocycles. The number of rotatable bonds is 6. The fraction of sp³-hybridized carbons (Fsp3) is 0.233. The third-order valence-corrected chi connectivity index (χ3v) is 9.58. The number of hydrogen-bond donors (Lipinski definition) is 0. The first-order valence-electron chi connectivity index (χ1n) is 11.8. The normalized spacial score (nSPS) is 19.8. The third kappa shape index (κ3) is 5.11. The number of carbonyl (C=O) groups is 1. The predicted octanol–water partition coefficient (Wildman–Crippen LogP) is 9.77. The summed E-state index contributed by atoms with van der Waals surface area (Å²) in [4.78, 5) is 11.4. The van der Waals surface area contributed by atoms with E-state index in [2.05, 4.69) is 84.1 Å². The van der Waals surface area contributed by atoms with Crippen molar-refractivity contribution < 1.29 is 4.79 Å². The minimum absolute atomic E-state index is 0.0423. The number of halogens is 3. The van der Waals surface area contributed by atoms with Crippen molar-refractivity contribution in [3.63, 3.8) is 0 Å². The molecular formula is C30H25Cl2IOS. The van der Waals surface area contributed by atoms with E-state index in [-0.39, 0.29) is 5.78 Å². The maximum absolute atomic E-state index is 11.4. The molecule has 3 aromatic rings. The summed E-state index contributed by atoms with van der Waals surface area (Å²) in [6, 6.07) is 19.2. The minimum Gasteiger partial charge on any atom is -0.295 e. The van der Waals surface area contributed by atoms with Gasteiger partial charge < -0.3 is 0 Å². The fourth-order valence-electron chi connectivity index (χ4n) is 5.14. The van der Waals surface area contributed by atoms with E-state index in [9.17, 15) is 4.79 Å². The molecule has 2 aromatic carbocycles. The van der Waals surface area contributed by atoms with Gasteiger partial charge in [-0.1, -0.05) is 84.7 Å². The molecule has 0 radical (unpaired) electrons. The van der Waals surface area contributed by atoms with E-state index in [1.807, 2.05) is 6.08 Å². The van der Waals surface area contributed by atoms with E-state index in [0.717, 1.165) is 38.9 Å². The lowest BCUT2D eigenvalue weighted by atomic mass is 9.85. The highest BCUT2D eigenvalue weighted by Crippen LogP contribution is 2.57. The summed E-state index contributed by atoms with van der Waals surface area (Å²) in [5, 5.41) is 0.878. The molecule has 0 spiro atoms. The molecule has 2 unspecified atom stereocenters. The second kappa shape index (κ2) is 10.4. The zero-order chi connectivity index (χ0) is 24.7. The average molecular weight is 631 g/mol. The lowest BCUT2D eigenvalue weighted by Gasteiger charge is -2.20. The van der Waals surface area contributed by atoms with Crippen molar-refractivity contribution in [3.05, 3.63) is 101 Å². The molecule has 0 saturated heterocycles. The highest BCUT2D eigenvalue weighted by Gasteiger charge is 2.45. The minimum atomic E-state index is 0.0423. The largest absolute Gasteiger partial charge is 0.295 e. The first-order valence-corrected chi connectivity index (χ1v) is 14.5. The maximum Gasteiger partial charge on any atom is 0.152 e. The van der Waals surface area contributed by atoms with Gasteiger partial charge in [-0.15, -0.1) is 11.3 Å². The van der Waals surface area contributed by atoms with Crippen LogP contribution in [0.25, 0.3) is 22.3 Å². The monoisotopic (exact) mass is 630 g/mol. The molecule has 0 amide bonds. The van der Waals surface area contributed by atoms with E-state index in [0.29, 0.717) is 11.8 Å². The molecule has 0 aliphatic heterocycles. The van der Waals surface area contributed by atoms with Crippen molar-refractivity contribution in [3.8, 4) is 0 Å². The van der Waals surface area contributed by atoms with Gasteiger partial charge in [0.15, 0.2) is 5.78 Å². The summed E-state index contributed by atoms with van der Waals surface area (Å²) in [6.07, 6.45) is 6.59. The Morgan fingerprint density at radius 2 is 1.89 bits per heavy atom. The van der Waals surface area contributed by atoms with E-state index in [1.54, 1.807) is 24.3 Å². The van der Waals surface area contributed by atoms with Gasteiger partial charge in [-0.05, 0) is 112 Å². The Bertz CT molecular complexity index is 1390. The first kappa shape index (κ1) is 25.0. The Hall–Kier alpha value is -1.66. The van der Waals surface area contributed by atoms with E-state index < -0.39 is 0 Å². The summed E-state index contributed by atoms with van der Waals surface area (Å²) in [7, 11) is 0. The van der Waals surface area contributed by atoms with Crippen LogP contribution in [0.1, 0.15) is 54.5 Å². The van der Waals surface area contributed by atoms with Crippen LogP contribution >= 0.6 is 57.1 Å². The number of carbonyl (C=O) groups excluding carboxylic acids is 1. The fourth-order valence-corrected chi connectivity index (χ4v) is 8.12. The SMILES string of the molecule is CC/C(=C(\C1=C(Cl)c2ccccc2CC2CC12)c1ccc(/C=C/C(C)=O)cc1)c1cc(Cl)sc1I. The van der Waals surface area contributed by atoms with Gasteiger partial charge in [-0.25, -0.2) is 0 Å². The van der Waals surface area contributed by atoms with Crippen LogP contribution < -0.4 is 0 Å². The summed E-state index contributed by atoms with van der Waals surface area (Å²) in [5.74, 6) is 1.12. The smallest absolute Gasteiger partial charge is 0.152 e. The molecule has 0 bridgehead atoms. The predicted molar refractivity (Wildman–Crippen MR) is 160 cm³/mol. The molecule has 35 heavy (non-hydrogen) atoms. The highest BCUT2D eigenvalue weighted by molar-refractivity contribution is 14.1. The second-order valence-corrected chi connectivity index (χ2v) is 13.1. The Balaban J connectivity index is 1.76. The third-order valence-electron chi connectivity index (χ3n) is 6.88. The standard InChI is InChI=1S/C30H25Cl2IOS/c1-3-22(25-16-26(31)35-30(25)33)27(19-12-10-18(11-13-19)9-8-17(2)34)28-24-15-21(24)14-20-6-4-5-7-23(20)29(28)32/h4-13,16,21,24H,3,14-15H2,1-2H3/b9-8+,27-22+. The van der Waals surface area contributed by atoms with Crippen LogP contribution in [0.5, 0.6) is 0 Å². The number of ketones is 1. The zero-order valence-corrected chi connectivity index (χ0v) is 24.1. The lowest BCUT2D eigenvalue weighted by molar-refractivity contribution is -0.112. The zero-order valence-electron chi connectivity index (χ0n) is 19.6. The van der Waals surface area contributed by atoms with Crippen molar-refractivity contribution in [2.24, 2.45) is 11.8 Å². The molecule has 2 aliphatic carbocycles. The van der Waals surface area contributed by atoms with Gasteiger partial charge in [0.25, 0.3) is 0 Å². The van der Waals surface area contributed by atoms with Gasteiger partial charge in [-0.3, -0.25) is 4.79 Å². The molecule has 0 N–H and O–H groups in total. The van der Waals surface area contributed by atoms with E-state index in [1.165, 1.54) is 37.2 Å². The van der Waals surface area contributed by atoms with Crippen LogP contribution in [0.4, 0.5) is 0 Å². The Morgan fingerprint density at radius 3 is 2.54 bits per heavy atom. The van der Waals surface area contributed by atoms with E-state index in [4.69, 9.17) is 23.2 Å². The number of fused-ring (bicyclic) bond motifs is 2. The van der Waals surface area contributed by atoms with Gasteiger partial charge >= 0.3 is 0 Å². The molecule has 2 atom stereocenters. The lowest BCUT2D eigenvalue weighted by Crippen LogP contribution is -2.01. The molecule has 1 heterocycles. The van der Waals surface area contributed by atoms with Crippen LogP contribution in [0.3, 0.4) is 0 Å². The van der Waals surface area contributed by atoms with Crippen LogP contribution in [-0.2, 0) is 11.2 Å². The number of hydrogen-bond acceptors (Lipinski definition) is 2. The Labute approximate surface area is 234 Å². The average Bonchev–Trinajstić information content (AvgIpc) is 3.53. The van der Waals surface area contributed by atoms with Gasteiger partial charge in [-0.2, -0.15) is 0 Å². The molecule has 5 rings (SSSR count). The number of allylic oxidation sites excluding steroid dienone is 4. The molecule has 178 valence electrons. The summed E-state index contributed by atoms with van der Waals surface area (Å²) in [5.41, 5.74) is 9.63. The molecule has 2 aliphatic rings. The van der Waals surface area contributed by atoms with Gasteiger partial charge in [0, 0.05) is 5.56 Å². The van der Waals surface area contributed by atoms with Crippen LogP contribution in [0.15, 0.2) is 66.2 Å². The summed E-state index contributed by atoms with van der Waals surface area (Å²) in [6.45, 7) is 3.78. The molecule has 1 nitrogen and oxygen atoms in total. The van der Waals surface area contributed by atoms with Crippen molar-refractivity contribution in [1.82, 2.24) is 0 Å². The molecular weight excluding hydrogens is 606 g/mol. The highest BCUT2D eigenvalue weighted by atomic mass is 127. The number of thiophene rings is 1. The summed E-state index contributed by atoms with van der Waals surface area (Å²) >= 11 is 17.8. The van der Waals surface area contributed by atoms with Gasteiger partial charge in [0.2, 0.25) is 0 Å². The quantitative estimate of drug-likeness (QED) is 0.196. The Kier molecular flexibility index (Phi) is 7.41. The second-order valence-electron chi connectivity index (χ2n) is 9.20. The summed E-state index contributed by atoms with van der Waals surface area (Å²) < 4.78 is 2.00. The van der Waals surface area contributed by atoms with Crippen molar-refractivity contribution in [1.29, 1.82) is 0 Å². The van der Waals surface area contributed by atoms with Crippen LogP contribution in [-0.4, -0.2) is 5.78 Å². The molecule has 1 aromatic heterocycles. The Morgan fingerprint density at radius 1 is 1.14 bits per heavy atom. The van der Waals surface area contributed by atoms with E-state index >= 15 is 0 Å². The van der Waals surface area contributed by atoms with Gasteiger partial charge in [0.05, 0.1) is 12.3 Å². The molecule has 1 fully saturated rings. The van der Waals surface area contributed by atoms with Crippen molar-refractivity contribution in [2.45, 2.75) is 33.1 Å². The topological polar surface area (TPSA) is 17.1 Å².